The number of amides is 2. The fourth-order valence-electron chi connectivity index (χ4n) is 3.62. The number of para-hydroxylation sites is 1. The molecule has 0 saturated heterocycles. The van der Waals surface area contributed by atoms with Gasteiger partial charge in [-0.05, 0) is 45.3 Å². The number of anilines is 1. The number of ether oxygens (including phenoxy) is 1. The van der Waals surface area contributed by atoms with E-state index in [1.165, 1.54) is 0 Å². The van der Waals surface area contributed by atoms with Crippen molar-refractivity contribution in [2.24, 2.45) is 5.92 Å². The molecule has 0 spiro atoms. The van der Waals surface area contributed by atoms with Gasteiger partial charge in [0.05, 0.1) is 23.9 Å². The molecular weight excluding hydrogens is 396 g/mol. The van der Waals surface area contributed by atoms with E-state index < -0.39 is 0 Å². The number of aromatic nitrogens is 1. The maximum atomic E-state index is 13.4. The molecule has 2 amide bonds. The highest BCUT2D eigenvalue weighted by atomic mass is 16.5. The van der Waals surface area contributed by atoms with Gasteiger partial charge in [0.25, 0.3) is 11.8 Å². The molecule has 2 heterocycles. The molecule has 0 bridgehead atoms. The maximum Gasteiger partial charge on any atom is 0.258 e. The Balaban J connectivity index is 2.04. The number of benzene rings is 1. The summed E-state index contributed by atoms with van der Waals surface area (Å²) in [4.78, 5) is 33.8. The quantitative estimate of drug-likeness (QED) is 0.735. The fourth-order valence-corrected chi connectivity index (χ4v) is 3.62. The van der Waals surface area contributed by atoms with Crippen LogP contribution in [0.2, 0.25) is 0 Å². The first-order valence-corrected chi connectivity index (χ1v) is 10.4. The highest BCUT2D eigenvalue weighted by molar-refractivity contribution is 6.07. The normalized spacial score (nSPS) is 19.8. The van der Waals surface area contributed by atoms with Crippen LogP contribution < -0.4 is 10.1 Å². The number of hydrogen-bond donors (Lipinski definition) is 2. The van der Waals surface area contributed by atoms with Crippen LogP contribution in [0.1, 0.15) is 34.6 Å². The first-order chi connectivity index (χ1) is 14.8. The average molecular weight is 427 g/mol. The number of rotatable bonds is 6. The van der Waals surface area contributed by atoms with E-state index in [2.05, 4.69) is 10.3 Å². The molecule has 8 nitrogen and oxygen atoms in total. The topological polar surface area (TPSA) is 95.0 Å². The fraction of sp³-hybridized carbons (Fsp3) is 0.435. The molecule has 8 heteroatoms. The highest BCUT2D eigenvalue weighted by Gasteiger charge is 2.34. The summed E-state index contributed by atoms with van der Waals surface area (Å²) in [5.41, 5.74) is 1.25. The van der Waals surface area contributed by atoms with Crippen molar-refractivity contribution in [1.29, 1.82) is 0 Å². The standard InChI is InChI=1S/C23H30N4O4/c1-15-12-27(16(2)14-28)23(30)18-6-5-7-19(21(18)31-20(15)13-26(3)4)25-22(29)17-8-10-24-11-9-17/h5-11,15-16,20,28H,12-14H2,1-4H3,(H,25,29)/t15-,16-,20-/m1/s1. The monoisotopic (exact) mass is 426 g/mol. The summed E-state index contributed by atoms with van der Waals surface area (Å²) in [7, 11) is 3.93. The molecule has 0 saturated carbocycles. The minimum atomic E-state index is -0.337. The van der Waals surface area contributed by atoms with E-state index >= 15 is 0 Å². The van der Waals surface area contributed by atoms with E-state index in [-0.39, 0.29) is 36.5 Å². The van der Waals surface area contributed by atoms with Gasteiger partial charge in [-0.2, -0.15) is 0 Å². The van der Waals surface area contributed by atoms with E-state index in [0.29, 0.717) is 35.7 Å². The lowest BCUT2D eigenvalue weighted by Gasteiger charge is -2.38. The lowest BCUT2D eigenvalue weighted by Crippen LogP contribution is -2.49. The molecule has 31 heavy (non-hydrogen) atoms. The van der Waals surface area contributed by atoms with Crippen molar-refractivity contribution in [2.75, 3.05) is 39.1 Å². The van der Waals surface area contributed by atoms with Crippen molar-refractivity contribution in [1.82, 2.24) is 14.8 Å². The van der Waals surface area contributed by atoms with Crippen LogP contribution >= 0.6 is 0 Å². The molecule has 3 atom stereocenters. The van der Waals surface area contributed by atoms with Gasteiger partial charge in [-0.25, -0.2) is 0 Å². The summed E-state index contributed by atoms with van der Waals surface area (Å²) in [6.45, 7) is 4.82. The molecule has 166 valence electrons. The zero-order chi connectivity index (χ0) is 22.5. The lowest BCUT2D eigenvalue weighted by atomic mass is 9.99. The third-order valence-corrected chi connectivity index (χ3v) is 5.43. The Morgan fingerprint density at radius 3 is 2.68 bits per heavy atom. The first-order valence-electron chi connectivity index (χ1n) is 10.4. The van der Waals surface area contributed by atoms with Gasteiger partial charge in [-0.15, -0.1) is 0 Å². The molecule has 1 aromatic carbocycles. The number of nitrogens with zero attached hydrogens (tertiary/aromatic N) is 3. The van der Waals surface area contributed by atoms with E-state index in [4.69, 9.17) is 4.74 Å². The van der Waals surface area contributed by atoms with Crippen molar-refractivity contribution in [2.45, 2.75) is 26.0 Å². The second kappa shape index (κ2) is 9.89. The molecule has 2 N–H and O–H groups in total. The third-order valence-electron chi connectivity index (χ3n) is 5.43. The summed E-state index contributed by atoms with van der Waals surface area (Å²) < 4.78 is 6.38. The molecule has 0 unspecified atom stereocenters. The third kappa shape index (κ3) is 5.21. The summed E-state index contributed by atoms with van der Waals surface area (Å²) >= 11 is 0. The van der Waals surface area contributed by atoms with Gasteiger partial charge in [-0.1, -0.05) is 13.0 Å². The minimum absolute atomic E-state index is 0.0115. The van der Waals surface area contributed by atoms with Gasteiger partial charge in [0, 0.05) is 37.0 Å². The van der Waals surface area contributed by atoms with Crippen molar-refractivity contribution in [3.63, 3.8) is 0 Å². The average Bonchev–Trinajstić information content (AvgIpc) is 2.76. The van der Waals surface area contributed by atoms with Crippen molar-refractivity contribution in [3.05, 3.63) is 53.9 Å². The zero-order valence-corrected chi connectivity index (χ0v) is 18.4. The molecule has 0 aliphatic carbocycles. The number of carbonyl (C=O) groups excluding carboxylic acids is 2. The molecule has 2 aromatic rings. The van der Waals surface area contributed by atoms with Gasteiger partial charge < -0.3 is 25.0 Å². The van der Waals surface area contributed by atoms with Gasteiger partial charge in [0.15, 0.2) is 5.75 Å². The van der Waals surface area contributed by atoms with Crippen LogP contribution in [0.15, 0.2) is 42.7 Å². The second-order valence-corrected chi connectivity index (χ2v) is 8.26. The van der Waals surface area contributed by atoms with Crippen molar-refractivity contribution >= 4 is 17.5 Å². The van der Waals surface area contributed by atoms with Crippen molar-refractivity contribution < 1.29 is 19.4 Å². The Hall–Kier alpha value is -2.97. The summed E-state index contributed by atoms with van der Waals surface area (Å²) in [5.74, 6) is -0.181. The van der Waals surface area contributed by atoms with Crippen LogP contribution in [0, 0.1) is 5.92 Å². The number of hydrogen-bond acceptors (Lipinski definition) is 6. The molecule has 0 fully saturated rings. The van der Waals surface area contributed by atoms with Gasteiger partial charge in [-0.3, -0.25) is 14.6 Å². The minimum Gasteiger partial charge on any atom is -0.486 e. The SMILES string of the molecule is C[C@@H]1CN([C@H](C)CO)C(=O)c2cccc(NC(=O)c3ccncc3)c2O[C@@H]1CN(C)C. The van der Waals surface area contributed by atoms with Crippen LogP contribution in [0.25, 0.3) is 0 Å². The lowest BCUT2D eigenvalue weighted by molar-refractivity contribution is 0.0365. The number of likely N-dealkylation sites (N-methyl/N-ethyl adjacent to an activating group) is 1. The van der Waals surface area contributed by atoms with Gasteiger partial charge >= 0.3 is 0 Å². The summed E-state index contributed by atoms with van der Waals surface area (Å²) in [5, 5.41) is 12.6. The Morgan fingerprint density at radius 2 is 2.03 bits per heavy atom. The Labute approximate surface area is 182 Å². The predicted molar refractivity (Wildman–Crippen MR) is 118 cm³/mol. The summed E-state index contributed by atoms with van der Waals surface area (Å²) in [6, 6.07) is 8.04. The number of fused-ring (bicyclic) bond motifs is 1. The largest absolute Gasteiger partial charge is 0.486 e. The maximum absolute atomic E-state index is 13.4. The molecule has 1 aliphatic heterocycles. The molecule has 1 aliphatic rings. The molecule has 3 rings (SSSR count). The van der Waals surface area contributed by atoms with Crippen LogP contribution in [0.4, 0.5) is 5.69 Å². The number of pyridine rings is 1. The second-order valence-electron chi connectivity index (χ2n) is 8.26. The number of aliphatic hydroxyl groups excluding tert-OH is 1. The Bertz CT molecular complexity index is 919. The molecule has 1 aromatic heterocycles. The zero-order valence-electron chi connectivity index (χ0n) is 18.4. The van der Waals surface area contributed by atoms with Gasteiger partial charge in [0.1, 0.15) is 6.10 Å². The van der Waals surface area contributed by atoms with E-state index in [1.807, 2.05) is 32.8 Å². The predicted octanol–water partition coefficient (Wildman–Crippen LogP) is 2.12. The number of carbonyl (C=O) groups is 2. The number of nitrogens with one attached hydrogen (secondary N) is 1. The van der Waals surface area contributed by atoms with Crippen molar-refractivity contribution in [3.8, 4) is 5.75 Å². The molecule has 0 radical (unpaired) electrons. The molecular formula is C23H30N4O4. The Kier molecular flexibility index (Phi) is 7.25. The van der Waals surface area contributed by atoms with E-state index in [9.17, 15) is 14.7 Å². The van der Waals surface area contributed by atoms with Crippen LogP contribution in [0.5, 0.6) is 5.75 Å². The van der Waals surface area contributed by atoms with Crippen LogP contribution in [-0.4, -0.2) is 77.6 Å². The van der Waals surface area contributed by atoms with E-state index in [0.717, 1.165) is 0 Å². The summed E-state index contributed by atoms with van der Waals surface area (Å²) in [6.07, 6.45) is 2.88. The number of aliphatic hydroxyl groups is 1. The van der Waals surface area contributed by atoms with Crippen LogP contribution in [0.3, 0.4) is 0 Å². The smallest absolute Gasteiger partial charge is 0.258 e. The Morgan fingerprint density at radius 1 is 1.32 bits per heavy atom. The highest BCUT2D eigenvalue weighted by Crippen LogP contribution is 2.35. The van der Waals surface area contributed by atoms with E-state index in [1.54, 1.807) is 47.6 Å². The van der Waals surface area contributed by atoms with Crippen LogP contribution in [-0.2, 0) is 0 Å². The first kappa shape index (κ1) is 22.7. The van der Waals surface area contributed by atoms with Gasteiger partial charge in [0.2, 0.25) is 0 Å².